The molecule has 0 spiro atoms. The summed E-state index contributed by atoms with van der Waals surface area (Å²) in [7, 11) is 4.06. The van der Waals surface area contributed by atoms with Gasteiger partial charge in [-0.15, -0.1) is 0 Å². The number of fused-ring (bicyclic) bond motifs is 1. The van der Waals surface area contributed by atoms with Crippen molar-refractivity contribution in [2.24, 2.45) is 5.41 Å². The third-order valence-corrected chi connectivity index (χ3v) is 6.67. The molecule has 2 heterocycles. The molecule has 4 rings (SSSR count). The van der Waals surface area contributed by atoms with Gasteiger partial charge < -0.3 is 19.6 Å². The van der Waals surface area contributed by atoms with Gasteiger partial charge in [0.15, 0.2) is 0 Å². The fourth-order valence-corrected chi connectivity index (χ4v) is 4.85. The van der Waals surface area contributed by atoms with E-state index in [1.807, 2.05) is 46.3 Å². The number of aliphatic hydroxyl groups excluding tert-OH is 2. The van der Waals surface area contributed by atoms with E-state index in [9.17, 15) is 10.2 Å². The van der Waals surface area contributed by atoms with Crippen LogP contribution in [0.25, 0.3) is 22.8 Å². The molecule has 2 aromatic heterocycles. The molecule has 1 aliphatic carbocycles. The molecule has 0 saturated carbocycles. The van der Waals surface area contributed by atoms with Crippen LogP contribution in [0.4, 0.5) is 5.82 Å². The van der Waals surface area contributed by atoms with Crippen LogP contribution in [0.3, 0.4) is 0 Å². The molecule has 0 amide bonds. The van der Waals surface area contributed by atoms with Crippen LogP contribution in [0, 0.1) is 19.3 Å². The Kier molecular flexibility index (Phi) is 6.29. The molecule has 7 heteroatoms. The number of rotatable bonds is 6. The zero-order valence-electron chi connectivity index (χ0n) is 20.4. The number of hydrogen-bond acceptors (Lipinski definition) is 7. The van der Waals surface area contributed by atoms with Crippen LogP contribution in [0.15, 0.2) is 22.9 Å². The normalized spacial score (nSPS) is 15.9. The topological polar surface area (TPSA) is 95.5 Å². The second-order valence-corrected chi connectivity index (χ2v) is 10.2. The summed E-state index contributed by atoms with van der Waals surface area (Å²) in [5, 5.41) is 23.3. The maximum atomic E-state index is 9.86. The van der Waals surface area contributed by atoms with Crippen molar-refractivity contribution in [2.45, 2.75) is 59.5 Å². The molecule has 0 saturated heterocycles. The zero-order valence-corrected chi connectivity index (χ0v) is 20.4. The van der Waals surface area contributed by atoms with E-state index in [1.165, 1.54) is 11.1 Å². The third-order valence-electron chi connectivity index (χ3n) is 6.67. The second-order valence-electron chi connectivity index (χ2n) is 10.2. The number of pyridine rings is 1. The van der Waals surface area contributed by atoms with Crippen molar-refractivity contribution in [3.05, 3.63) is 46.1 Å². The summed E-state index contributed by atoms with van der Waals surface area (Å²) >= 11 is 0. The summed E-state index contributed by atoms with van der Waals surface area (Å²) in [5.41, 5.74) is 7.63. The van der Waals surface area contributed by atoms with E-state index in [1.54, 1.807) is 0 Å². The Labute approximate surface area is 195 Å². The Hall–Kier alpha value is -2.77. The Morgan fingerprint density at radius 2 is 1.85 bits per heavy atom. The van der Waals surface area contributed by atoms with E-state index in [0.717, 1.165) is 52.9 Å². The van der Waals surface area contributed by atoms with Gasteiger partial charge in [-0.25, -0.2) is 4.98 Å². The van der Waals surface area contributed by atoms with E-state index < -0.39 is 6.10 Å². The summed E-state index contributed by atoms with van der Waals surface area (Å²) in [5.74, 6) is 2.04. The average Bonchev–Trinajstić information content (AvgIpc) is 3.24. The molecular weight excluding hydrogens is 416 g/mol. The molecular formula is C26H34N4O3. The van der Waals surface area contributed by atoms with Crippen LogP contribution in [-0.2, 0) is 19.3 Å². The van der Waals surface area contributed by atoms with Gasteiger partial charge in [0.2, 0.25) is 5.82 Å². The number of aromatic nitrogens is 3. The highest BCUT2D eigenvalue weighted by atomic mass is 16.5. The first-order valence-corrected chi connectivity index (χ1v) is 11.5. The maximum Gasteiger partial charge on any atom is 0.260 e. The molecule has 0 bridgehead atoms. The summed E-state index contributed by atoms with van der Waals surface area (Å²) in [6.07, 6.45) is 4.54. The minimum atomic E-state index is -0.765. The predicted octanol–water partition coefficient (Wildman–Crippen LogP) is 3.89. The highest BCUT2D eigenvalue weighted by Gasteiger charge is 2.31. The minimum absolute atomic E-state index is 0.235. The molecule has 3 aromatic rings. The van der Waals surface area contributed by atoms with Gasteiger partial charge in [0.05, 0.1) is 18.3 Å². The summed E-state index contributed by atoms with van der Waals surface area (Å²) in [4.78, 5) is 11.6. The van der Waals surface area contributed by atoms with Gasteiger partial charge in [0.25, 0.3) is 5.89 Å². The van der Waals surface area contributed by atoms with E-state index in [2.05, 4.69) is 23.9 Å². The Bertz CT molecular complexity index is 1140. The number of nitrogens with zero attached hydrogens (tertiary/aromatic N) is 4. The van der Waals surface area contributed by atoms with Crippen molar-refractivity contribution >= 4 is 5.82 Å². The average molecular weight is 451 g/mol. The Morgan fingerprint density at radius 3 is 2.48 bits per heavy atom. The number of aryl methyl sites for hydroxylation is 2. The Morgan fingerprint density at radius 1 is 1.15 bits per heavy atom. The molecule has 176 valence electrons. The first-order valence-electron chi connectivity index (χ1n) is 11.5. The lowest BCUT2D eigenvalue weighted by atomic mass is 9.73. The van der Waals surface area contributed by atoms with Crippen LogP contribution in [0.1, 0.15) is 48.1 Å². The van der Waals surface area contributed by atoms with E-state index >= 15 is 0 Å². The first-order chi connectivity index (χ1) is 15.6. The maximum absolute atomic E-state index is 9.86. The monoisotopic (exact) mass is 450 g/mol. The number of benzene rings is 1. The van der Waals surface area contributed by atoms with Crippen molar-refractivity contribution in [3.63, 3.8) is 0 Å². The lowest BCUT2D eigenvalue weighted by Gasteiger charge is -2.34. The molecule has 2 N–H and O–H groups in total. The zero-order chi connectivity index (χ0) is 23.9. The van der Waals surface area contributed by atoms with Crippen LogP contribution in [0.2, 0.25) is 0 Å². The largest absolute Gasteiger partial charge is 0.394 e. The smallest absolute Gasteiger partial charge is 0.260 e. The quantitative estimate of drug-likeness (QED) is 0.588. The van der Waals surface area contributed by atoms with Gasteiger partial charge >= 0.3 is 0 Å². The molecule has 7 nitrogen and oxygen atoms in total. The lowest BCUT2D eigenvalue weighted by Crippen LogP contribution is -2.26. The Balaban J connectivity index is 1.71. The number of hydrogen-bond donors (Lipinski definition) is 2. The van der Waals surface area contributed by atoms with Gasteiger partial charge in [-0.2, -0.15) is 4.98 Å². The van der Waals surface area contributed by atoms with Crippen LogP contribution < -0.4 is 4.90 Å². The van der Waals surface area contributed by atoms with Gasteiger partial charge in [-0.1, -0.05) is 19.0 Å². The molecule has 0 fully saturated rings. The van der Waals surface area contributed by atoms with Crippen LogP contribution >= 0.6 is 0 Å². The summed E-state index contributed by atoms with van der Waals surface area (Å²) < 4.78 is 5.73. The van der Waals surface area contributed by atoms with E-state index in [-0.39, 0.29) is 12.0 Å². The van der Waals surface area contributed by atoms with Crippen LogP contribution in [-0.4, -0.2) is 52.1 Å². The predicted molar refractivity (Wildman–Crippen MR) is 129 cm³/mol. The minimum Gasteiger partial charge on any atom is -0.394 e. The molecule has 0 aliphatic heterocycles. The number of aliphatic hydroxyl groups is 2. The molecule has 1 unspecified atom stereocenters. The van der Waals surface area contributed by atoms with Crippen molar-refractivity contribution in [1.29, 1.82) is 0 Å². The SMILES string of the molecule is Cc1cc(-c2noc(-c3cnc(N(C)C)c4c3CCC(C)(C)C4)n2)cc(C)c1CC(O)CO. The molecule has 33 heavy (non-hydrogen) atoms. The van der Waals surface area contributed by atoms with Crippen molar-refractivity contribution < 1.29 is 14.7 Å². The van der Waals surface area contributed by atoms with E-state index in [4.69, 9.17) is 14.5 Å². The van der Waals surface area contributed by atoms with Gasteiger partial charge in [0.1, 0.15) is 5.82 Å². The second kappa shape index (κ2) is 8.88. The van der Waals surface area contributed by atoms with Crippen LogP contribution in [0.5, 0.6) is 0 Å². The van der Waals surface area contributed by atoms with Crippen molar-refractivity contribution in [2.75, 3.05) is 25.6 Å². The van der Waals surface area contributed by atoms with Crippen molar-refractivity contribution in [1.82, 2.24) is 15.1 Å². The molecule has 0 radical (unpaired) electrons. The van der Waals surface area contributed by atoms with Gasteiger partial charge in [0, 0.05) is 32.3 Å². The van der Waals surface area contributed by atoms with E-state index in [0.29, 0.717) is 18.1 Å². The fraction of sp³-hybridized carbons (Fsp3) is 0.500. The molecule has 1 aliphatic rings. The standard InChI is InChI=1S/C26H34N4O3/c1-15-9-17(10-16(2)20(15)11-18(32)14-31)23-28-25(33-29-23)22-13-27-24(30(5)6)21-12-26(3,4)8-7-19(21)22/h9-10,13,18,31-32H,7-8,11-12,14H2,1-6H3. The van der Waals surface area contributed by atoms with Gasteiger partial charge in [-0.05, 0) is 78.5 Å². The first kappa shape index (κ1) is 23.4. The highest BCUT2D eigenvalue weighted by molar-refractivity contribution is 5.68. The van der Waals surface area contributed by atoms with Gasteiger partial charge in [-0.3, -0.25) is 0 Å². The summed E-state index contributed by atoms with van der Waals surface area (Å²) in [6, 6.07) is 4.01. The summed E-state index contributed by atoms with van der Waals surface area (Å²) in [6.45, 7) is 8.36. The fourth-order valence-electron chi connectivity index (χ4n) is 4.85. The lowest BCUT2D eigenvalue weighted by molar-refractivity contribution is 0.0953. The molecule has 1 aromatic carbocycles. The number of anilines is 1. The van der Waals surface area contributed by atoms with Crippen molar-refractivity contribution in [3.8, 4) is 22.8 Å². The molecule has 1 atom stereocenters. The highest BCUT2D eigenvalue weighted by Crippen LogP contribution is 2.42. The third kappa shape index (κ3) is 4.66.